The minimum absolute atomic E-state index is 0.548. The van der Waals surface area contributed by atoms with Gasteiger partial charge in [-0.3, -0.25) is 0 Å². The Morgan fingerprint density at radius 3 is 2.84 bits per heavy atom. The van der Waals surface area contributed by atoms with Crippen molar-refractivity contribution in [3.63, 3.8) is 0 Å². The first-order valence-corrected chi connectivity index (χ1v) is 7.55. The lowest BCUT2D eigenvalue weighted by Gasteiger charge is -1.99. The number of anilines is 1. The molecular formula is C15H17N3S. The number of hydrogen-bond donors (Lipinski definition) is 1. The van der Waals surface area contributed by atoms with Crippen LogP contribution in [0.15, 0.2) is 24.3 Å². The van der Waals surface area contributed by atoms with E-state index in [1.807, 2.05) is 18.2 Å². The Hall–Kier alpha value is -1.68. The Labute approximate surface area is 116 Å². The van der Waals surface area contributed by atoms with E-state index >= 15 is 0 Å². The Morgan fingerprint density at radius 1 is 1.16 bits per heavy atom. The zero-order chi connectivity index (χ0) is 13.2. The second kappa shape index (κ2) is 5.13. The predicted octanol–water partition coefficient (Wildman–Crippen LogP) is 4.16. The van der Waals surface area contributed by atoms with Gasteiger partial charge in [0.15, 0.2) is 5.82 Å². The first-order valence-electron chi connectivity index (χ1n) is 6.73. The molecule has 2 aromatic heterocycles. The summed E-state index contributed by atoms with van der Waals surface area (Å²) in [6, 6.07) is 8.12. The van der Waals surface area contributed by atoms with Crippen LogP contribution in [-0.4, -0.2) is 9.97 Å². The summed E-state index contributed by atoms with van der Waals surface area (Å²) in [5.41, 5.74) is 7.85. The van der Waals surface area contributed by atoms with Crippen molar-refractivity contribution in [2.24, 2.45) is 0 Å². The van der Waals surface area contributed by atoms with Crippen LogP contribution in [0.2, 0.25) is 0 Å². The first-order chi connectivity index (χ1) is 9.29. The van der Waals surface area contributed by atoms with Crippen molar-refractivity contribution in [2.75, 3.05) is 5.73 Å². The smallest absolute Gasteiger partial charge is 0.151 e. The number of thiazole rings is 1. The Bertz CT molecular complexity index is 718. The van der Waals surface area contributed by atoms with E-state index < -0.39 is 0 Å². The molecule has 3 aromatic rings. The van der Waals surface area contributed by atoms with Crippen LogP contribution in [-0.2, 0) is 6.42 Å². The van der Waals surface area contributed by atoms with Crippen molar-refractivity contribution in [1.82, 2.24) is 9.97 Å². The van der Waals surface area contributed by atoms with Crippen LogP contribution in [0, 0.1) is 0 Å². The van der Waals surface area contributed by atoms with Crippen LogP contribution in [0.5, 0.6) is 0 Å². The quantitative estimate of drug-likeness (QED) is 0.725. The van der Waals surface area contributed by atoms with Crippen molar-refractivity contribution in [3.8, 4) is 0 Å². The van der Waals surface area contributed by atoms with E-state index in [-0.39, 0.29) is 0 Å². The van der Waals surface area contributed by atoms with Gasteiger partial charge in [-0.15, -0.1) is 11.3 Å². The molecule has 0 spiro atoms. The van der Waals surface area contributed by atoms with Gasteiger partial charge in [0.25, 0.3) is 0 Å². The normalized spacial score (nSPS) is 11.4. The molecule has 0 aliphatic heterocycles. The topological polar surface area (TPSA) is 51.8 Å². The third kappa shape index (κ3) is 2.28. The lowest BCUT2D eigenvalue weighted by Crippen LogP contribution is -1.92. The number of para-hydroxylation sites is 1. The highest BCUT2D eigenvalue weighted by Gasteiger charge is 2.11. The predicted molar refractivity (Wildman–Crippen MR) is 82.6 cm³/mol. The molecule has 0 amide bonds. The molecule has 2 N–H and O–H groups in total. The fourth-order valence-electron chi connectivity index (χ4n) is 2.30. The van der Waals surface area contributed by atoms with Crippen molar-refractivity contribution in [2.45, 2.75) is 32.6 Å². The lowest BCUT2D eigenvalue weighted by molar-refractivity contribution is 0.716. The van der Waals surface area contributed by atoms with E-state index in [2.05, 4.69) is 23.0 Å². The number of aromatic nitrogens is 2. The van der Waals surface area contributed by atoms with Crippen LogP contribution in [0.1, 0.15) is 31.2 Å². The van der Waals surface area contributed by atoms with Gasteiger partial charge in [-0.05, 0) is 18.9 Å². The third-order valence-electron chi connectivity index (χ3n) is 3.30. The lowest BCUT2D eigenvalue weighted by atomic mass is 10.2. The Kier molecular flexibility index (Phi) is 3.34. The molecule has 0 radical (unpaired) electrons. The van der Waals surface area contributed by atoms with E-state index in [9.17, 15) is 0 Å². The van der Waals surface area contributed by atoms with Crippen molar-refractivity contribution >= 4 is 38.3 Å². The number of nitrogens with zero attached hydrogens (tertiary/aromatic N) is 2. The summed E-state index contributed by atoms with van der Waals surface area (Å²) in [5.74, 6) is 0.548. The van der Waals surface area contributed by atoms with Crippen LogP contribution in [0.3, 0.4) is 0 Å². The summed E-state index contributed by atoms with van der Waals surface area (Å²) in [6.07, 6.45) is 4.73. The van der Waals surface area contributed by atoms with Crippen molar-refractivity contribution in [1.29, 1.82) is 0 Å². The Balaban J connectivity index is 2.10. The van der Waals surface area contributed by atoms with E-state index in [1.54, 1.807) is 11.3 Å². The molecular weight excluding hydrogens is 254 g/mol. The standard InChI is InChI=1S/C15H17N3S/c1-2-3-4-9-12-18-13-14(19-12)10-7-5-6-8-11(10)17-15(13)16/h5-8H,2-4,9H2,1H3,(H2,16,17). The van der Waals surface area contributed by atoms with Gasteiger partial charge in [0.05, 0.1) is 15.2 Å². The number of unbranched alkanes of at least 4 members (excludes halogenated alkanes) is 2. The molecule has 3 rings (SSSR count). The number of benzene rings is 1. The van der Waals surface area contributed by atoms with E-state index in [0.29, 0.717) is 5.82 Å². The molecule has 0 atom stereocenters. The summed E-state index contributed by atoms with van der Waals surface area (Å²) < 4.78 is 1.18. The molecule has 0 aliphatic rings. The molecule has 0 fully saturated rings. The van der Waals surface area contributed by atoms with Crippen LogP contribution < -0.4 is 5.73 Å². The number of aryl methyl sites for hydroxylation is 1. The van der Waals surface area contributed by atoms with Crippen LogP contribution in [0.4, 0.5) is 5.82 Å². The van der Waals surface area contributed by atoms with Gasteiger partial charge in [-0.2, -0.15) is 0 Å². The summed E-state index contributed by atoms with van der Waals surface area (Å²) in [4.78, 5) is 9.10. The molecule has 19 heavy (non-hydrogen) atoms. The molecule has 2 heterocycles. The third-order valence-corrected chi connectivity index (χ3v) is 4.45. The van der Waals surface area contributed by atoms with Crippen LogP contribution >= 0.6 is 11.3 Å². The van der Waals surface area contributed by atoms with Crippen LogP contribution in [0.25, 0.3) is 21.1 Å². The fraction of sp³-hybridized carbons (Fsp3) is 0.333. The highest BCUT2D eigenvalue weighted by atomic mass is 32.1. The maximum atomic E-state index is 6.02. The van der Waals surface area contributed by atoms with E-state index in [1.165, 1.54) is 29.0 Å². The molecule has 3 nitrogen and oxygen atoms in total. The first kappa shape index (κ1) is 12.4. The summed E-state index contributed by atoms with van der Waals surface area (Å²) in [7, 11) is 0. The van der Waals surface area contributed by atoms with Gasteiger partial charge in [0.2, 0.25) is 0 Å². The Morgan fingerprint density at radius 2 is 2.00 bits per heavy atom. The molecule has 4 heteroatoms. The number of hydrogen-bond acceptors (Lipinski definition) is 4. The largest absolute Gasteiger partial charge is 0.382 e. The maximum absolute atomic E-state index is 6.02. The van der Waals surface area contributed by atoms with Gasteiger partial charge in [0.1, 0.15) is 5.52 Å². The fourth-order valence-corrected chi connectivity index (χ4v) is 3.45. The molecule has 98 valence electrons. The molecule has 0 saturated carbocycles. The number of nitrogens with two attached hydrogens (primary N) is 1. The molecule has 0 bridgehead atoms. The monoisotopic (exact) mass is 271 g/mol. The molecule has 0 saturated heterocycles. The minimum Gasteiger partial charge on any atom is -0.382 e. The molecule has 0 unspecified atom stereocenters. The van der Waals surface area contributed by atoms with Gasteiger partial charge < -0.3 is 5.73 Å². The second-order valence-electron chi connectivity index (χ2n) is 4.76. The maximum Gasteiger partial charge on any atom is 0.151 e. The second-order valence-corrected chi connectivity index (χ2v) is 5.84. The zero-order valence-corrected chi connectivity index (χ0v) is 11.8. The average Bonchev–Trinajstić information content (AvgIpc) is 2.84. The minimum atomic E-state index is 0.548. The summed E-state index contributed by atoms with van der Waals surface area (Å²) >= 11 is 1.76. The zero-order valence-electron chi connectivity index (χ0n) is 11.0. The number of rotatable bonds is 4. The highest BCUT2D eigenvalue weighted by molar-refractivity contribution is 7.19. The van der Waals surface area contributed by atoms with Crippen molar-refractivity contribution < 1.29 is 0 Å². The summed E-state index contributed by atoms with van der Waals surface area (Å²) in [5, 5.41) is 2.33. The van der Waals surface area contributed by atoms with Gasteiger partial charge in [0, 0.05) is 5.39 Å². The number of fused-ring (bicyclic) bond motifs is 3. The van der Waals surface area contributed by atoms with E-state index in [4.69, 9.17) is 5.73 Å². The highest BCUT2D eigenvalue weighted by Crippen LogP contribution is 2.32. The number of nitrogen functional groups attached to an aromatic ring is 1. The average molecular weight is 271 g/mol. The SMILES string of the molecule is CCCCCc1nc2c(N)nc3ccccc3c2s1. The van der Waals surface area contributed by atoms with E-state index in [0.717, 1.165) is 22.8 Å². The van der Waals surface area contributed by atoms with Gasteiger partial charge in [-0.1, -0.05) is 38.0 Å². The summed E-state index contributed by atoms with van der Waals surface area (Å²) in [6.45, 7) is 2.22. The number of pyridine rings is 1. The molecule has 0 aliphatic carbocycles. The van der Waals surface area contributed by atoms with Crippen molar-refractivity contribution in [3.05, 3.63) is 29.3 Å². The van der Waals surface area contributed by atoms with Gasteiger partial charge in [-0.25, -0.2) is 9.97 Å². The molecule has 1 aromatic carbocycles. The van der Waals surface area contributed by atoms with Gasteiger partial charge >= 0.3 is 0 Å².